The second kappa shape index (κ2) is 8.02. The van der Waals surface area contributed by atoms with E-state index in [9.17, 15) is 14.0 Å². The van der Waals surface area contributed by atoms with E-state index in [0.717, 1.165) is 6.07 Å². The van der Waals surface area contributed by atoms with Crippen molar-refractivity contribution >= 4 is 11.9 Å². The van der Waals surface area contributed by atoms with Crippen molar-refractivity contribution in [1.82, 2.24) is 4.90 Å². The van der Waals surface area contributed by atoms with Crippen LogP contribution >= 0.6 is 0 Å². The van der Waals surface area contributed by atoms with E-state index in [1.54, 1.807) is 0 Å². The summed E-state index contributed by atoms with van der Waals surface area (Å²) in [4.78, 5) is 24.3. The number of aliphatic hydroxyl groups is 1. The van der Waals surface area contributed by atoms with Gasteiger partial charge in [0.05, 0.1) is 19.1 Å². The van der Waals surface area contributed by atoms with Gasteiger partial charge in [-0.15, -0.1) is 0 Å². The maximum absolute atomic E-state index is 13.9. The molecule has 21 heavy (non-hydrogen) atoms. The molecular formula is C15H16FNO4. The lowest BCUT2D eigenvalue weighted by atomic mass is 10.1. The van der Waals surface area contributed by atoms with Crippen molar-refractivity contribution in [1.29, 1.82) is 0 Å². The summed E-state index contributed by atoms with van der Waals surface area (Å²) in [5.74, 6) is 3.28. The van der Waals surface area contributed by atoms with Gasteiger partial charge in [0.1, 0.15) is 12.4 Å². The predicted octanol–water partition coefficient (Wildman–Crippen LogP) is 0.805. The molecule has 1 amide bonds. The number of rotatable bonds is 4. The molecule has 1 N–H and O–H groups in total. The zero-order chi connectivity index (χ0) is 15.8. The fourth-order valence-corrected chi connectivity index (χ4v) is 1.58. The molecule has 112 valence electrons. The van der Waals surface area contributed by atoms with Gasteiger partial charge >= 0.3 is 5.97 Å². The Morgan fingerprint density at radius 2 is 2.14 bits per heavy atom. The number of carbonyl (C=O) groups is 2. The van der Waals surface area contributed by atoms with Gasteiger partial charge in [-0.3, -0.25) is 9.59 Å². The summed E-state index contributed by atoms with van der Waals surface area (Å²) < 4.78 is 18.4. The minimum atomic E-state index is -0.699. The molecule has 0 aliphatic carbocycles. The van der Waals surface area contributed by atoms with Crippen LogP contribution in [0.3, 0.4) is 0 Å². The van der Waals surface area contributed by atoms with E-state index in [-0.39, 0.29) is 25.1 Å². The van der Waals surface area contributed by atoms with Gasteiger partial charge in [0.25, 0.3) is 5.91 Å². The zero-order valence-corrected chi connectivity index (χ0v) is 11.9. The van der Waals surface area contributed by atoms with Crippen molar-refractivity contribution in [3.05, 3.63) is 35.1 Å². The lowest BCUT2D eigenvalue weighted by Gasteiger charge is -2.16. The smallest absolute Gasteiger partial charge is 0.307 e. The van der Waals surface area contributed by atoms with Crippen LogP contribution in [0.15, 0.2) is 18.2 Å². The number of hydrogen-bond donors (Lipinski definition) is 1. The summed E-state index contributed by atoms with van der Waals surface area (Å²) in [7, 11) is 2.74. The molecule has 0 saturated carbocycles. The maximum atomic E-state index is 13.9. The van der Waals surface area contributed by atoms with E-state index in [2.05, 4.69) is 16.6 Å². The topological polar surface area (TPSA) is 66.8 Å². The molecule has 0 fully saturated rings. The van der Waals surface area contributed by atoms with Gasteiger partial charge in [-0.05, 0) is 18.2 Å². The third-order valence-corrected chi connectivity index (χ3v) is 2.74. The van der Waals surface area contributed by atoms with Gasteiger partial charge in [0, 0.05) is 19.2 Å². The first-order chi connectivity index (χ1) is 9.99. The summed E-state index contributed by atoms with van der Waals surface area (Å²) in [6.07, 6.45) is 0.0421. The standard InChI is InChI=1S/C15H16FNO4/c1-17(8-7-14(19)21-2)15(20)12-6-5-11(4-3-9-18)10-13(12)16/h5-6,10,18H,7-9H2,1-2H3. The lowest BCUT2D eigenvalue weighted by Crippen LogP contribution is -2.30. The molecule has 5 nitrogen and oxygen atoms in total. The van der Waals surface area contributed by atoms with Gasteiger partial charge in [-0.2, -0.15) is 0 Å². The van der Waals surface area contributed by atoms with Gasteiger partial charge in [-0.25, -0.2) is 4.39 Å². The third kappa shape index (κ3) is 4.89. The van der Waals surface area contributed by atoms with Gasteiger partial charge in [-0.1, -0.05) is 11.8 Å². The molecule has 0 saturated heterocycles. The highest BCUT2D eigenvalue weighted by atomic mass is 19.1. The van der Waals surface area contributed by atoms with Crippen molar-refractivity contribution in [2.75, 3.05) is 27.3 Å². The van der Waals surface area contributed by atoms with Gasteiger partial charge in [0.2, 0.25) is 0 Å². The number of carbonyl (C=O) groups excluding carboxylic acids is 2. The second-order valence-electron chi connectivity index (χ2n) is 4.21. The highest BCUT2D eigenvalue weighted by Crippen LogP contribution is 2.12. The Morgan fingerprint density at radius 1 is 1.43 bits per heavy atom. The van der Waals surface area contributed by atoms with Crippen LogP contribution in [0.1, 0.15) is 22.3 Å². The average molecular weight is 293 g/mol. The number of nitrogens with zero attached hydrogens (tertiary/aromatic N) is 1. The molecule has 0 unspecified atom stereocenters. The fourth-order valence-electron chi connectivity index (χ4n) is 1.58. The number of hydrogen-bond acceptors (Lipinski definition) is 4. The van der Waals surface area contributed by atoms with E-state index >= 15 is 0 Å². The Hall–Kier alpha value is -2.39. The number of esters is 1. The first-order valence-corrected chi connectivity index (χ1v) is 6.21. The van der Waals surface area contributed by atoms with Crippen LogP contribution in [-0.4, -0.2) is 49.2 Å². The number of benzene rings is 1. The summed E-state index contributed by atoms with van der Waals surface area (Å²) in [6, 6.07) is 3.95. The van der Waals surface area contributed by atoms with Crippen LogP contribution in [0, 0.1) is 17.7 Å². The lowest BCUT2D eigenvalue weighted by molar-refractivity contribution is -0.140. The van der Waals surface area contributed by atoms with Crippen molar-refractivity contribution in [2.45, 2.75) is 6.42 Å². The van der Waals surface area contributed by atoms with E-state index in [1.807, 2.05) is 0 Å². The Labute approximate surface area is 122 Å². The van der Waals surface area contributed by atoms with Crippen LogP contribution in [0.2, 0.25) is 0 Å². The highest BCUT2D eigenvalue weighted by molar-refractivity contribution is 5.94. The molecular weight excluding hydrogens is 277 g/mol. The number of methoxy groups -OCH3 is 1. The van der Waals surface area contributed by atoms with Gasteiger partial charge in [0.15, 0.2) is 0 Å². The Morgan fingerprint density at radius 3 is 2.71 bits per heavy atom. The number of aliphatic hydroxyl groups excluding tert-OH is 1. The first-order valence-electron chi connectivity index (χ1n) is 6.21. The van der Waals surface area contributed by atoms with Crippen LogP contribution in [0.5, 0.6) is 0 Å². The maximum Gasteiger partial charge on any atom is 0.307 e. The molecule has 0 bridgehead atoms. The fraction of sp³-hybridized carbons (Fsp3) is 0.333. The molecule has 0 aromatic heterocycles. The molecule has 1 aromatic rings. The molecule has 0 heterocycles. The van der Waals surface area contributed by atoms with E-state index in [0.29, 0.717) is 5.56 Å². The molecule has 0 aliphatic heterocycles. The molecule has 1 rings (SSSR count). The van der Waals surface area contributed by atoms with Crippen LogP contribution in [0.25, 0.3) is 0 Å². The molecule has 1 aromatic carbocycles. The van der Waals surface area contributed by atoms with Crippen LogP contribution < -0.4 is 0 Å². The van der Waals surface area contributed by atoms with Crippen molar-refractivity contribution in [3.63, 3.8) is 0 Å². The molecule has 0 radical (unpaired) electrons. The van der Waals surface area contributed by atoms with E-state index in [1.165, 1.54) is 31.2 Å². The quantitative estimate of drug-likeness (QED) is 0.659. The van der Waals surface area contributed by atoms with Crippen LogP contribution in [-0.2, 0) is 9.53 Å². The number of halogens is 1. The molecule has 0 atom stereocenters. The van der Waals surface area contributed by atoms with E-state index < -0.39 is 17.7 Å². The normalized spacial score (nSPS) is 9.52. The zero-order valence-electron chi connectivity index (χ0n) is 11.9. The van der Waals surface area contributed by atoms with Crippen LogP contribution in [0.4, 0.5) is 4.39 Å². The highest BCUT2D eigenvalue weighted by Gasteiger charge is 2.17. The summed E-state index contributed by atoms with van der Waals surface area (Å²) >= 11 is 0. The monoisotopic (exact) mass is 293 g/mol. The molecule has 6 heteroatoms. The van der Waals surface area contributed by atoms with Crippen molar-refractivity contribution < 1.29 is 23.8 Å². The average Bonchev–Trinajstić information content (AvgIpc) is 2.49. The van der Waals surface area contributed by atoms with Crippen molar-refractivity contribution in [2.24, 2.45) is 0 Å². The SMILES string of the molecule is COC(=O)CCN(C)C(=O)c1ccc(C#CCO)cc1F. The Kier molecular flexibility index (Phi) is 6.37. The van der Waals surface area contributed by atoms with Crippen molar-refractivity contribution in [3.8, 4) is 11.8 Å². The first kappa shape index (κ1) is 16.7. The number of amides is 1. The Balaban J connectivity index is 2.80. The Bertz CT molecular complexity index is 589. The molecule has 0 spiro atoms. The minimum absolute atomic E-state index is 0.0421. The third-order valence-electron chi connectivity index (χ3n) is 2.74. The summed E-state index contributed by atoms with van der Waals surface area (Å²) in [6.45, 7) is -0.185. The van der Waals surface area contributed by atoms with Gasteiger partial charge < -0.3 is 14.7 Å². The molecule has 0 aliphatic rings. The number of ether oxygens (including phenoxy) is 1. The minimum Gasteiger partial charge on any atom is -0.469 e. The summed E-state index contributed by atoms with van der Waals surface area (Å²) in [5, 5.41) is 8.57. The second-order valence-corrected chi connectivity index (χ2v) is 4.21. The predicted molar refractivity (Wildman–Crippen MR) is 74.0 cm³/mol. The van der Waals surface area contributed by atoms with E-state index in [4.69, 9.17) is 5.11 Å². The summed E-state index contributed by atoms with van der Waals surface area (Å²) in [5.41, 5.74) is 0.271. The largest absolute Gasteiger partial charge is 0.469 e.